The fraction of sp³-hybridized carbons (Fsp3) is 0.308. The largest absolute Gasteiger partial charge is 0.299 e. The van der Waals surface area contributed by atoms with Gasteiger partial charge in [-0.05, 0) is 23.6 Å². The number of allylic oxidation sites excluding steroid dienone is 1. The van der Waals surface area contributed by atoms with Crippen LogP contribution in [0.25, 0.3) is 6.08 Å². The molecule has 0 spiro atoms. The Hall–Kier alpha value is -1.37. The van der Waals surface area contributed by atoms with Crippen molar-refractivity contribution in [1.29, 1.82) is 0 Å². The normalized spacial score (nSPS) is 20.4. The average molecular weight is 186 g/mol. The number of Topliss-reactive ketones (excluding diaryl/α,β-unsaturated/α-hetero) is 1. The van der Waals surface area contributed by atoms with Gasteiger partial charge in [0.1, 0.15) is 5.78 Å². The molecule has 1 unspecified atom stereocenters. The summed E-state index contributed by atoms with van der Waals surface area (Å²) in [5.74, 6) is 0.371. The molecule has 0 radical (unpaired) electrons. The smallest absolute Gasteiger partial charge is 0.143 e. The van der Waals surface area contributed by atoms with E-state index in [1.165, 1.54) is 16.7 Å². The number of aryl methyl sites for hydroxylation is 1. The number of benzene rings is 1. The Morgan fingerprint density at radius 1 is 1.36 bits per heavy atom. The van der Waals surface area contributed by atoms with E-state index in [9.17, 15) is 4.79 Å². The fourth-order valence-electron chi connectivity index (χ4n) is 1.81. The molecule has 2 rings (SSSR count). The van der Waals surface area contributed by atoms with Crippen LogP contribution in [0.5, 0.6) is 0 Å². The average Bonchev–Trinajstić information content (AvgIpc) is 2.30. The molecule has 1 nitrogen and oxygen atoms in total. The molecule has 0 aliphatic heterocycles. The van der Waals surface area contributed by atoms with Crippen molar-refractivity contribution in [3.63, 3.8) is 0 Å². The molecule has 1 heteroatoms. The Morgan fingerprint density at radius 3 is 2.93 bits per heavy atom. The number of fused-ring (bicyclic) bond motifs is 1. The van der Waals surface area contributed by atoms with Gasteiger partial charge in [-0.1, -0.05) is 37.3 Å². The Balaban J connectivity index is 2.53. The highest BCUT2D eigenvalue weighted by Gasteiger charge is 2.16. The molecule has 0 saturated heterocycles. The van der Waals surface area contributed by atoms with Gasteiger partial charge in [0.2, 0.25) is 0 Å². The van der Waals surface area contributed by atoms with Crippen LogP contribution < -0.4 is 0 Å². The summed E-state index contributed by atoms with van der Waals surface area (Å²) in [6.07, 6.45) is 4.64. The summed E-state index contributed by atoms with van der Waals surface area (Å²) in [7, 11) is 0. The van der Waals surface area contributed by atoms with Gasteiger partial charge >= 0.3 is 0 Å². The molecular weight excluding hydrogens is 172 g/mol. The second kappa shape index (κ2) is 3.41. The van der Waals surface area contributed by atoms with Crippen molar-refractivity contribution >= 4 is 11.9 Å². The highest BCUT2D eigenvalue weighted by Crippen LogP contribution is 2.22. The predicted octanol–water partition coefficient (Wildman–Crippen LogP) is 2.77. The lowest BCUT2D eigenvalue weighted by Crippen LogP contribution is -2.10. The van der Waals surface area contributed by atoms with E-state index in [0.717, 1.165) is 0 Å². The van der Waals surface area contributed by atoms with E-state index in [1.807, 2.05) is 19.1 Å². The third-order valence-electron chi connectivity index (χ3n) is 2.87. The standard InChI is InChI=1S/C13H14O/c1-9-4-3-5-11-7-6-10(2)13(14)8-12(9)11/h3-7,10H,8H2,1-2H3. The van der Waals surface area contributed by atoms with Gasteiger partial charge in [0, 0.05) is 12.3 Å². The SMILES string of the molecule is Cc1cccc2c1CC(=O)C(C)C=C2. The van der Waals surface area contributed by atoms with Crippen LogP contribution in [0, 0.1) is 12.8 Å². The molecule has 1 aromatic rings. The molecule has 0 amide bonds. The van der Waals surface area contributed by atoms with Crippen molar-refractivity contribution in [3.05, 3.63) is 41.0 Å². The Morgan fingerprint density at radius 2 is 2.14 bits per heavy atom. The van der Waals surface area contributed by atoms with Gasteiger partial charge in [-0.2, -0.15) is 0 Å². The summed E-state index contributed by atoms with van der Waals surface area (Å²) in [5, 5.41) is 0. The minimum Gasteiger partial charge on any atom is -0.299 e. The van der Waals surface area contributed by atoms with E-state index in [0.29, 0.717) is 12.2 Å². The van der Waals surface area contributed by atoms with E-state index in [-0.39, 0.29) is 5.92 Å². The lowest BCUT2D eigenvalue weighted by Gasteiger charge is -2.07. The maximum Gasteiger partial charge on any atom is 0.143 e. The van der Waals surface area contributed by atoms with E-state index in [1.54, 1.807) is 0 Å². The summed E-state index contributed by atoms with van der Waals surface area (Å²) < 4.78 is 0. The van der Waals surface area contributed by atoms with Gasteiger partial charge in [-0.15, -0.1) is 0 Å². The van der Waals surface area contributed by atoms with Crippen LogP contribution in [0.1, 0.15) is 23.6 Å². The van der Waals surface area contributed by atoms with Crippen molar-refractivity contribution < 1.29 is 4.79 Å². The molecule has 1 atom stereocenters. The summed E-state index contributed by atoms with van der Waals surface area (Å²) in [4.78, 5) is 11.7. The molecule has 0 heterocycles. The number of carbonyl (C=O) groups excluding carboxylic acids is 1. The Kier molecular flexibility index (Phi) is 2.24. The summed E-state index contributed by atoms with van der Waals surface area (Å²) in [6.45, 7) is 4.02. The first-order chi connectivity index (χ1) is 6.68. The van der Waals surface area contributed by atoms with Crippen LogP contribution in [0.15, 0.2) is 24.3 Å². The third kappa shape index (κ3) is 1.50. The molecule has 0 saturated carbocycles. The quantitative estimate of drug-likeness (QED) is 0.609. The maximum absolute atomic E-state index is 11.7. The second-order valence-corrected chi connectivity index (χ2v) is 3.93. The van der Waals surface area contributed by atoms with Crippen molar-refractivity contribution in [3.8, 4) is 0 Å². The molecule has 72 valence electrons. The topological polar surface area (TPSA) is 17.1 Å². The molecule has 0 aromatic heterocycles. The monoisotopic (exact) mass is 186 g/mol. The first kappa shape index (κ1) is 9.20. The summed E-state index contributed by atoms with van der Waals surface area (Å²) in [6, 6.07) is 6.18. The Labute approximate surface area is 84.5 Å². The van der Waals surface area contributed by atoms with Crippen LogP contribution in [-0.2, 0) is 11.2 Å². The molecule has 14 heavy (non-hydrogen) atoms. The highest BCUT2D eigenvalue weighted by molar-refractivity contribution is 5.88. The van der Waals surface area contributed by atoms with E-state index in [2.05, 4.69) is 25.1 Å². The number of rotatable bonds is 0. The third-order valence-corrected chi connectivity index (χ3v) is 2.87. The van der Waals surface area contributed by atoms with Crippen LogP contribution in [0.2, 0.25) is 0 Å². The molecule has 0 bridgehead atoms. The van der Waals surface area contributed by atoms with Gasteiger partial charge in [-0.25, -0.2) is 0 Å². The predicted molar refractivity (Wildman–Crippen MR) is 58.1 cm³/mol. The second-order valence-electron chi connectivity index (χ2n) is 3.93. The summed E-state index contributed by atoms with van der Waals surface area (Å²) in [5.41, 5.74) is 3.61. The first-order valence-electron chi connectivity index (χ1n) is 4.98. The minimum atomic E-state index is 0.0572. The molecule has 1 aromatic carbocycles. The van der Waals surface area contributed by atoms with E-state index < -0.39 is 0 Å². The van der Waals surface area contributed by atoms with Gasteiger partial charge in [0.15, 0.2) is 0 Å². The molecule has 1 aliphatic carbocycles. The van der Waals surface area contributed by atoms with Gasteiger partial charge in [-0.3, -0.25) is 4.79 Å². The molecular formula is C13H14O. The first-order valence-corrected chi connectivity index (χ1v) is 4.98. The molecule has 1 aliphatic rings. The lowest BCUT2D eigenvalue weighted by atomic mass is 9.97. The molecule has 0 fully saturated rings. The van der Waals surface area contributed by atoms with Crippen molar-refractivity contribution in [2.24, 2.45) is 5.92 Å². The van der Waals surface area contributed by atoms with Gasteiger partial charge in [0.25, 0.3) is 0 Å². The Bertz CT molecular complexity index is 402. The van der Waals surface area contributed by atoms with Crippen molar-refractivity contribution in [2.75, 3.05) is 0 Å². The zero-order valence-corrected chi connectivity index (χ0v) is 8.58. The van der Waals surface area contributed by atoms with Crippen LogP contribution >= 0.6 is 0 Å². The number of carbonyl (C=O) groups is 1. The molecule has 0 N–H and O–H groups in total. The lowest BCUT2D eigenvalue weighted by molar-refractivity contribution is -0.120. The zero-order valence-electron chi connectivity index (χ0n) is 8.58. The van der Waals surface area contributed by atoms with Gasteiger partial charge in [0.05, 0.1) is 0 Å². The highest BCUT2D eigenvalue weighted by atomic mass is 16.1. The fourth-order valence-corrected chi connectivity index (χ4v) is 1.81. The van der Waals surface area contributed by atoms with Crippen LogP contribution in [-0.4, -0.2) is 5.78 Å². The van der Waals surface area contributed by atoms with Gasteiger partial charge < -0.3 is 0 Å². The number of hydrogen-bond donors (Lipinski definition) is 0. The van der Waals surface area contributed by atoms with E-state index in [4.69, 9.17) is 0 Å². The van der Waals surface area contributed by atoms with Crippen LogP contribution in [0.4, 0.5) is 0 Å². The van der Waals surface area contributed by atoms with E-state index >= 15 is 0 Å². The zero-order chi connectivity index (χ0) is 10.1. The number of ketones is 1. The van der Waals surface area contributed by atoms with Crippen LogP contribution in [0.3, 0.4) is 0 Å². The summed E-state index contributed by atoms with van der Waals surface area (Å²) >= 11 is 0. The van der Waals surface area contributed by atoms with Crippen molar-refractivity contribution in [1.82, 2.24) is 0 Å². The maximum atomic E-state index is 11.7. The number of hydrogen-bond acceptors (Lipinski definition) is 1. The minimum absolute atomic E-state index is 0.0572. The van der Waals surface area contributed by atoms with Crippen molar-refractivity contribution in [2.45, 2.75) is 20.3 Å².